The van der Waals surface area contributed by atoms with Crippen LogP contribution < -0.4 is 15.6 Å². The first kappa shape index (κ1) is 22.9. The van der Waals surface area contributed by atoms with E-state index in [1.165, 1.54) is 34.9 Å². The molecule has 0 fully saturated rings. The Morgan fingerprint density at radius 2 is 1.64 bits per heavy atom. The van der Waals surface area contributed by atoms with Gasteiger partial charge >= 0.3 is 6.01 Å². The Morgan fingerprint density at radius 3 is 2.36 bits per heavy atom. The van der Waals surface area contributed by atoms with Gasteiger partial charge < -0.3 is 10.1 Å². The van der Waals surface area contributed by atoms with Crippen LogP contribution in [-0.2, 0) is 6.54 Å². The maximum Gasteiger partial charge on any atom is 0.324 e. The van der Waals surface area contributed by atoms with Crippen molar-refractivity contribution in [2.24, 2.45) is 0 Å². The van der Waals surface area contributed by atoms with E-state index in [9.17, 15) is 14.0 Å². The number of hydrogen-bond donors (Lipinski definition) is 1. The number of carbonyl (C=O) groups is 1. The van der Waals surface area contributed by atoms with E-state index in [4.69, 9.17) is 4.74 Å². The summed E-state index contributed by atoms with van der Waals surface area (Å²) in [5.74, 6) is -0.237. The molecule has 2 aromatic heterocycles. The van der Waals surface area contributed by atoms with E-state index in [0.29, 0.717) is 40.3 Å². The number of pyridine rings is 1. The highest BCUT2D eigenvalue weighted by atomic mass is 19.1. The van der Waals surface area contributed by atoms with Crippen molar-refractivity contribution in [1.82, 2.24) is 19.9 Å². The molecule has 0 saturated carbocycles. The molecule has 5 rings (SSSR count). The second-order valence-corrected chi connectivity index (χ2v) is 8.11. The molecule has 5 aromatic rings. The summed E-state index contributed by atoms with van der Waals surface area (Å²) in [6.07, 6.45) is 0. The van der Waals surface area contributed by atoms with Gasteiger partial charge in [0.15, 0.2) is 5.65 Å². The molecule has 178 valence electrons. The van der Waals surface area contributed by atoms with Crippen molar-refractivity contribution in [3.05, 3.63) is 124 Å². The average Bonchev–Trinajstić information content (AvgIpc) is 2.89. The summed E-state index contributed by atoms with van der Waals surface area (Å²) in [7, 11) is 0. The number of nitrogens with one attached hydrogen (secondary N) is 1. The van der Waals surface area contributed by atoms with Gasteiger partial charge in [0.1, 0.15) is 11.6 Å². The Labute approximate surface area is 205 Å². The minimum absolute atomic E-state index is 0.0304. The van der Waals surface area contributed by atoms with Crippen LogP contribution in [0.25, 0.3) is 16.7 Å². The monoisotopic (exact) mass is 480 g/mol. The number of nitrogens with zero attached hydrogens (tertiary/aromatic N) is 3. The summed E-state index contributed by atoms with van der Waals surface area (Å²) >= 11 is 0. The zero-order chi connectivity index (χ0) is 25.1. The van der Waals surface area contributed by atoms with E-state index < -0.39 is 0 Å². The molecule has 7 nitrogen and oxygen atoms in total. The van der Waals surface area contributed by atoms with Gasteiger partial charge in [-0.1, -0.05) is 30.3 Å². The topological polar surface area (TPSA) is 86.1 Å². The molecule has 0 bridgehead atoms. The predicted octanol–water partition coefficient (Wildman–Crippen LogP) is 4.95. The van der Waals surface area contributed by atoms with Crippen LogP contribution in [0.2, 0.25) is 0 Å². The fourth-order valence-electron chi connectivity index (χ4n) is 3.79. The van der Waals surface area contributed by atoms with E-state index in [1.807, 2.05) is 30.3 Å². The van der Waals surface area contributed by atoms with Crippen LogP contribution >= 0.6 is 0 Å². The standard InChI is InChI=1S/C28H21FN4O3/c1-18-24-15-16-25(34)33(26(24)32-28(31-18)36-23-13-9-21(29)10-14-23)22-11-7-20(8-12-22)27(35)30-17-19-5-3-2-4-6-19/h2-16H,17H2,1H3,(H,30,35). The first-order valence-corrected chi connectivity index (χ1v) is 11.2. The highest BCUT2D eigenvalue weighted by Gasteiger charge is 2.14. The number of benzene rings is 3. The first-order valence-electron chi connectivity index (χ1n) is 11.2. The van der Waals surface area contributed by atoms with E-state index in [2.05, 4.69) is 15.3 Å². The SMILES string of the molecule is Cc1nc(Oc2ccc(F)cc2)nc2c1ccc(=O)n2-c1ccc(C(=O)NCc2ccccc2)cc1. The van der Waals surface area contributed by atoms with Crippen molar-refractivity contribution in [2.45, 2.75) is 13.5 Å². The number of rotatable bonds is 6. The number of aryl methyl sites for hydroxylation is 1. The molecular weight excluding hydrogens is 459 g/mol. The fraction of sp³-hybridized carbons (Fsp3) is 0.0714. The second-order valence-electron chi connectivity index (χ2n) is 8.11. The molecule has 0 unspecified atom stereocenters. The van der Waals surface area contributed by atoms with E-state index in [-0.39, 0.29) is 23.3 Å². The number of amides is 1. The molecule has 36 heavy (non-hydrogen) atoms. The summed E-state index contributed by atoms with van der Waals surface area (Å²) in [4.78, 5) is 34.3. The van der Waals surface area contributed by atoms with Crippen LogP contribution in [0.4, 0.5) is 4.39 Å². The van der Waals surface area contributed by atoms with Crippen molar-refractivity contribution < 1.29 is 13.9 Å². The van der Waals surface area contributed by atoms with Crippen LogP contribution in [0.5, 0.6) is 11.8 Å². The molecule has 0 radical (unpaired) electrons. The summed E-state index contributed by atoms with van der Waals surface area (Å²) in [5.41, 5.74) is 2.68. The molecule has 0 saturated heterocycles. The Bertz CT molecular complexity index is 1600. The number of hydrogen-bond acceptors (Lipinski definition) is 5. The third-order valence-electron chi connectivity index (χ3n) is 5.63. The lowest BCUT2D eigenvalue weighted by Crippen LogP contribution is -2.23. The van der Waals surface area contributed by atoms with Crippen LogP contribution in [-0.4, -0.2) is 20.4 Å². The average molecular weight is 480 g/mol. The molecule has 1 N–H and O–H groups in total. The molecule has 0 aliphatic rings. The van der Waals surface area contributed by atoms with Gasteiger partial charge in [-0.15, -0.1) is 0 Å². The third-order valence-corrected chi connectivity index (χ3v) is 5.63. The van der Waals surface area contributed by atoms with Crippen molar-refractivity contribution in [3.8, 4) is 17.4 Å². The molecule has 1 amide bonds. The van der Waals surface area contributed by atoms with E-state index in [0.717, 1.165) is 5.56 Å². The van der Waals surface area contributed by atoms with Crippen LogP contribution in [0, 0.1) is 12.7 Å². The normalized spacial score (nSPS) is 10.8. The highest BCUT2D eigenvalue weighted by Crippen LogP contribution is 2.23. The van der Waals surface area contributed by atoms with Crippen LogP contribution in [0.15, 0.2) is 95.8 Å². The number of halogens is 1. The van der Waals surface area contributed by atoms with Crippen LogP contribution in [0.3, 0.4) is 0 Å². The third kappa shape index (κ3) is 4.83. The lowest BCUT2D eigenvalue weighted by molar-refractivity contribution is 0.0951. The lowest BCUT2D eigenvalue weighted by atomic mass is 10.1. The zero-order valence-electron chi connectivity index (χ0n) is 19.3. The fourth-order valence-corrected chi connectivity index (χ4v) is 3.79. The molecule has 0 aliphatic heterocycles. The largest absolute Gasteiger partial charge is 0.424 e. The smallest absolute Gasteiger partial charge is 0.324 e. The van der Waals surface area contributed by atoms with Gasteiger partial charge in [0.05, 0.1) is 11.4 Å². The summed E-state index contributed by atoms with van der Waals surface area (Å²) in [5, 5.41) is 3.56. The molecular formula is C28H21FN4O3. The minimum atomic E-state index is -0.385. The van der Waals surface area contributed by atoms with Crippen molar-refractivity contribution in [2.75, 3.05) is 0 Å². The van der Waals surface area contributed by atoms with Gasteiger partial charge in [-0.2, -0.15) is 9.97 Å². The number of fused-ring (bicyclic) bond motifs is 1. The van der Waals surface area contributed by atoms with Gasteiger partial charge in [0.25, 0.3) is 11.5 Å². The summed E-state index contributed by atoms with van der Waals surface area (Å²) < 4.78 is 20.4. The summed E-state index contributed by atoms with van der Waals surface area (Å²) in [6, 6.07) is 25.0. The molecule has 3 aromatic carbocycles. The number of carbonyl (C=O) groups excluding carboxylic acids is 1. The molecule has 0 spiro atoms. The van der Waals surface area contributed by atoms with Gasteiger partial charge in [0, 0.05) is 23.6 Å². The minimum Gasteiger partial charge on any atom is -0.424 e. The number of ether oxygens (including phenoxy) is 1. The quantitative estimate of drug-likeness (QED) is 0.372. The maximum absolute atomic E-state index is 13.2. The predicted molar refractivity (Wildman–Crippen MR) is 134 cm³/mol. The molecule has 0 aliphatic carbocycles. The Kier molecular flexibility index (Phi) is 6.23. The summed E-state index contributed by atoms with van der Waals surface area (Å²) in [6.45, 7) is 2.20. The first-order chi connectivity index (χ1) is 17.5. The van der Waals surface area contributed by atoms with Gasteiger partial charge in [0.2, 0.25) is 0 Å². The number of aromatic nitrogens is 3. The molecule has 0 atom stereocenters. The Hall–Kier alpha value is -4.85. The van der Waals surface area contributed by atoms with Crippen LogP contribution in [0.1, 0.15) is 21.6 Å². The highest BCUT2D eigenvalue weighted by molar-refractivity contribution is 5.94. The van der Waals surface area contributed by atoms with Gasteiger partial charge in [-0.3, -0.25) is 14.2 Å². The Morgan fingerprint density at radius 1 is 0.917 bits per heavy atom. The van der Waals surface area contributed by atoms with Crippen molar-refractivity contribution in [1.29, 1.82) is 0 Å². The van der Waals surface area contributed by atoms with Crippen molar-refractivity contribution in [3.63, 3.8) is 0 Å². The van der Waals surface area contributed by atoms with Gasteiger partial charge in [-0.05, 0) is 67.1 Å². The maximum atomic E-state index is 13.2. The van der Waals surface area contributed by atoms with E-state index in [1.54, 1.807) is 37.3 Å². The second kappa shape index (κ2) is 9.79. The lowest BCUT2D eigenvalue weighted by Gasteiger charge is -2.13. The molecule has 8 heteroatoms. The van der Waals surface area contributed by atoms with E-state index >= 15 is 0 Å². The Balaban J connectivity index is 1.45. The van der Waals surface area contributed by atoms with Crippen molar-refractivity contribution >= 4 is 16.9 Å². The molecule has 2 heterocycles. The zero-order valence-corrected chi connectivity index (χ0v) is 19.3. The van der Waals surface area contributed by atoms with Gasteiger partial charge in [-0.25, -0.2) is 4.39 Å².